The van der Waals surface area contributed by atoms with Crippen molar-refractivity contribution in [2.75, 3.05) is 19.3 Å². The van der Waals surface area contributed by atoms with E-state index in [1.165, 1.54) is 6.42 Å². The maximum atomic E-state index is 11.3. The van der Waals surface area contributed by atoms with Crippen molar-refractivity contribution < 1.29 is 4.55 Å². The molecule has 0 saturated carbocycles. The van der Waals surface area contributed by atoms with Crippen molar-refractivity contribution in [2.45, 2.75) is 24.5 Å². The van der Waals surface area contributed by atoms with Crippen molar-refractivity contribution in [2.24, 2.45) is 0 Å². The van der Waals surface area contributed by atoms with Gasteiger partial charge in [-0.1, -0.05) is 0 Å². The highest BCUT2D eigenvalue weighted by Gasteiger charge is 2.24. The standard InChI is InChI=1S/C7H15NOS/c1-8-6-7-4-2-3-5-10(7)9/h7-8H,2-6H2,1H3. The number of hydrogen-bond acceptors (Lipinski definition) is 2. The van der Waals surface area contributed by atoms with Crippen molar-refractivity contribution >= 4 is 11.2 Å². The van der Waals surface area contributed by atoms with Crippen molar-refractivity contribution in [3.8, 4) is 0 Å². The Balaban J connectivity index is 2.25. The zero-order valence-corrected chi connectivity index (χ0v) is 7.25. The molecule has 0 bridgehead atoms. The lowest BCUT2D eigenvalue weighted by atomic mass is 10.2. The topological polar surface area (TPSA) is 35.1 Å². The maximum absolute atomic E-state index is 11.3. The molecule has 0 spiro atoms. The summed E-state index contributed by atoms with van der Waals surface area (Å²) in [6.45, 7) is 0.923. The number of nitrogens with one attached hydrogen (secondary N) is 1. The Morgan fingerprint density at radius 1 is 1.60 bits per heavy atom. The second-order valence-corrected chi connectivity index (χ2v) is 4.60. The van der Waals surface area contributed by atoms with Crippen LogP contribution in [-0.4, -0.2) is 29.1 Å². The van der Waals surface area contributed by atoms with Crippen LogP contribution in [0.3, 0.4) is 0 Å². The molecule has 60 valence electrons. The van der Waals surface area contributed by atoms with Crippen LogP contribution in [0.15, 0.2) is 0 Å². The van der Waals surface area contributed by atoms with Gasteiger partial charge in [0, 0.05) is 6.54 Å². The minimum atomic E-state index is -0.540. The number of rotatable bonds is 2. The van der Waals surface area contributed by atoms with Gasteiger partial charge in [0.15, 0.2) is 0 Å². The van der Waals surface area contributed by atoms with Crippen molar-refractivity contribution in [1.82, 2.24) is 5.32 Å². The van der Waals surface area contributed by atoms with Gasteiger partial charge in [-0.2, -0.15) is 0 Å². The van der Waals surface area contributed by atoms with E-state index in [9.17, 15) is 4.55 Å². The molecule has 0 aromatic rings. The first-order chi connectivity index (χ1) is 4.84. The van der Waals surface area contributed by atoms with E-state index in [1.807, 2.05) is 7.05 Å². The minimum absolute atomic E-state index is 0.429. The van der Waals surface area contributed by atoms with Gasteiger partial charge in [-0.05, 0) is 37.5 Å². The Morgan fingerprint density at radius 3 is 3.00 bits per heavy atom. The van der Waals surface area contributed by atoms with Crippen molar-refractivity contribution in [1.29, 1.82) is 0 Å². The van der Waals surface area contributed by atoms with Gasteiger partial charge in [0.1, 0.15) is 11.0 Å². The van der Waals surface area contributed by atoms with Gasteiger partial charge in [0.25, 0.3) is 0 Å². The molecule has 2 nitrogen and oxygen atoms in total. The van der Waals surface area contributed by atoms with Crippen LogP contribution in [0.2, 0.25) is 0 Å². The SMILES string of the molecule is CNCC1CCCC[S+]1[O-]. The molecule has 1 rings (SSSR count). The molecule has 0 aromatic heterocycles. The van der Waals surface area contributed by atoms with Crippen LogP contribution >= 0.6 is 0 Å². The predicted molar refractivity (Wildman–Crippen MR) is 44.6 cm³/mol. The lowest BCUT2D eigenvalue weighted by molar-refractivity contribution is 0.529. The Bertz CT molecular complexity index is 97.6. The highest BCUT2D eigenvalue weighted by atomic mass is 32.2. The summed E-state index contributed by atoms with van der Waals surface area (Å²) in [4.78, 5) is 0. The minimum Gasteiger partial charge on any atom is -0.616 e. The van der Waals surface area contributed by atoms with E-state index >= 15 is 0 Å². The molecule has 1 fully saturated rings. The van der Waals surface area contributed by atoms with Crippen LogP contribution < -0.4 is 5.32 Å². The van der Waals surface area contributed by atoms with Crippen LogP contribution in [0.25, 0.3) is 0 Å². The van der Waals surface area contributed by atoms with E-state index in [0.717, 1.165) is 25.1 Å². The summed E-state index contributed by atoms with van der Waals surface area (Å²) >= 11 is -0.540. The molecular formula is C7H15NOS. The normalized spacial score (nSPS) is 34.2. The fraction of sp³-hybridized carbons (Fsp3) is 1.00. The lowest BCUT2D eigenvalue weighted by Gasteiger charge is -2.25. The number of hydrogen-bond donors (Lipinski definition) is 1. The van der Waals surface area contributed by atoms with Crippen LogP contribution in [0.1, 0.15) is 19.3 Å². The van der Waals surface area contributed by atoms with E-state index in [-0.39, 0.29) is 0 Å². The van der Waals surface area contributed by atoms with Crippen LogP contribution in [-0.2, 0) is 11.2 Å². The molecule has 3 heteroatoms. The fourth-order valence-corrected chi connectivity index (χ4v) is 2.94. The second-order valence-electron chi connectivity index (χ2n) is 2.76. The van der Waals surface area contributed by atoms with E-state index < -0.39 is 11.2 Å². The molecule has 0 aromatic carbocycles. The second kappa shape index (κ2) is 4.21. The Morgan fingerprint density at radius 2 is 2.40 bits per heavy atom. The van der Waals surface area contributed by atoms with Gasteiger partial charge in [0.2, 0.25) is 0 Å². The molecule has 1 N–H and O–H groups in total. The first-order valence-electron chi connectivity index (χ1n) is 3.86. The molecule has 2 unspecified atom stereocenters. The third-order valence-electron chi connectivity index (χ3n) is 1.93. The van der Waals surface area contributed by atoms with E-state index in [4.69, 9.17) is 0 Å². The van der Waals surface area contributed by atoms with Gasteiger partial charge in [-0.3, -0.25) is 0 Å². The Kier molecular flexibility index (Phi) is 3.52. The van der Waals surface area contributed by atoms with E-state index in [0.29, 0.717) is 5.25 Å². The smallest absolute Gasteiger partial charge is 0.128 e. The summed E-state index contributed by atoms with van der Waals surface area (Å²) in [5.41, 5.74) is 0. The first kappa shape index (κ1) is 8.37. The average molecular weight is 161 g/mol. The molecule has 1 aliphatic rings. The maximum Gasteiger partial charge on any atom is 0.128 e. The van der Waals surface area contributed by atoms with Crippen LogP contribution in [0, 0.1) is 0 Å². The Labute approximate surface area is 65.6 Å². The van der Waals surface area contributed by atoms with Crippen molar-refractivity contribution in [3.05, 3.63) is 0 Å². The summed E-state index contributed by atoms with van der Waals surface area (Å²) in [6.07, 6.45) is 3.57. The molecule has 0 aliphatic carbocycles. The van der Waals surface area contributed by atoms with E-state index in [2.05, 4.69) is 5.32 Å². The highest BCUT2D eigenvalue weighted by molar-refractivity contribution is 7.92. The third-order valence-corrected chi connectivity index (χ3v) is 3.76. The summed E-state index contributed by atoms with van der Waals surface area (Å²) in [7, 11) is 1.92. The largest absolute Gasteiger partial charge is 0.616 e. The predicted octanol–water partition coefficient (Wildman–Crippen LogP) is 0.507. The fourth-order valence-electron chi connectivity index (χ4n) is 1.34. The molecule has 0 amide bonds. The Hall–Kier alpha value is 0.270. The third kappa shape index (κ3) is 2.15. The van der Waals surface area contributed by atoms with Gasteiger partial charge in [-0.15, -0.1) is 0 Å². The van der Waals surface area contributed by atoms with Gasteiger partial charge < -0.3 is 9.87 Å². The van der Waals surface area contributed by atoms with Gasteiger partial charge in [-0.25, -0.2) is 0 Å². The average Bonchev–Trinajstić information content (AvgIpc) is 1.94. The molecule has 2 atom stereocenters. The van der Waals surface area contributed by atoms with Crippen LogP contribution in [0.4, 0.5) is 0 Å². The van der Waals surface area contributed by atoms with E-state index in [1.54, 1.807) is 0 Å². The summed E-state index contributed by atoms with van der Waals surface area (Å²) < 4.78 is 11.3. The summed E-state index contributed by atoms with van der Waals surface area (Å²) in [6, 6.07) is 0. The molecule has 10 heavy (non-hydrogen) atoms. The first-order valence-corrected chi connectivity index (χ1v) is 5.24. The summed E-state index contributed by atoms with van der Waals surface area (Å²) in [5.74, 6) is 0.923. The quantitative estimate of drug-likeness (QED) is 0.599. The molecular weight excluding hydrogens is 146 g/mol. The van der Waals surface area contributed by atoms with Crippen LogP contribution in [0.5, 0.6) is 0 Å². The van der Waals surface area contributed by atoms with Gasteiger partial charge in [0.05, 0.1) is 0 Å². The zero-order chi connectivity index (χ0) is 7.40. The molecule has 1 aliphatic heterocycles. The summed E-state index contributed by atoms with van der Waals surface area (Å²) in [5, 5.41) is 3.50. The van der Waals surface area contributed by atoms with Crippen molar-refractivity contribution in [3.63, 3.8) is 0 Å². The molecule has 0 radical (unpaired) electrons. The lowest BCUT2D eigenvalue weighted by Crippen LogP contribution is -2.36. The van der Waals surface area contributed by atoms with Gasteiger partial charge >= 0.3 is 0 Å². The highest BCUT2D eigenvalue weighted by Crippen LogP contribution is 2.18. The zero-order valence-electron chi connectivity index (χ0n) is 6.43. The monoisotopic (exact) mass is 161 g/mol. The molecule has 1 heterocycles. The molecule has 1 saturated heterocycles.